The molecule has 0 unspecified atom stereocenters. The molecule has 0 aromatic carbocycles. The highest BCUT2D eigenvalue weighted by molar-refractivity contribution is 5.98. The summed E-state index contributed by atoms with van der Waals surface area (Å²) >= 11 is 0. The number of carbonyl (C=O) groups excluding carboxylic acids is 2. The number of rotatable bonds is 3. The van der Waals surface area contributed by atoms with Crippen LogP contribution in [-0.4, -0.2) is 46.1 Å². The van der Waals surface area contributed by atoms with Gasteiger partial charge in [0.15, 0.2) is 0 Å². The van der Waals surface area contributed by atoms with Crippen molar-refractivity contribution in [3.05, 3.63) is 11.4 Å². The van der Waals surface area contributed by atoms with Crippen molar-refractivity contribution in [3.8, 4) is 0 Å². The maximum absolute atomic E-state index is 12.5. The van der Waals surface area contributed by atoms with Crippen LogP contribution in [0.5, 0.6) is 0 Å². The molecule has 1 saturated heterocycles. The van der Waals surface area contributed by atoms with E-state index < -0.39 is 0 Å². The number of nitrogen functional groups attached to an aromatic ring is 1. The first-order valence-corrected chi connectivity index (χ1v) is 7.31. The lowest BCUT2D eigenvalue weighted by molar-refractivity contribution is -0.126. The Morgan fingerprint density at radius 2 is 2.00 bits per heavy atom. The van der Waals surface area contributed by atoms with Gasteiger partial charge in [-0.15, -0.1) is 0 Å². The van der Waals surface area contributed by atoms with Crippen LogP contribution >= 0.6 is 0 Å². The third-order valence-corrected chi connectivity index (χ3v) is 3.98. The van der Waals surface area contributed by atoms with E-state index in [1.54, 1.807) is 18.9 Å². The van der Waals surface area contributed by atoms with Gasteiger partial charge in [0.1, 0.15) is 5.69 Å². The van der Waals surface area contributed by atoms with Gasteiger partial charge in [-0.05, 0) is 26.7 Å². The van der Waals surface area contributed by atoms with E-state index in [4.69, 9.17) is 5.73 Å². The summed E-state index contributed by atoms with van der Waals surface area (Å²) in [6.07, 6.45) is 1.38. The minimum atomic E-state index is -0.107. The van der Waals surface area contributed by atoms with E-state index >= 15 is 0 Å². The topological polar surface area (TPSA) is 93.2 Å². The van der Waals surface area contributed by atoms with Crippen LogP contribution in [0.1, 0.15) is 35.9 Å². The van der Waals surface area contributed by atoms with E-state index in [2.05, 4.69) is 10.4 Å². The molecule has 2 heterocycles. The Balaban J connectivity index is 2.02. The van der Waals surface area contributed by atoms with Crippen LogP contribution in [0, 0.1) is 12.8 Å². The first-order valence-electron chi connectivity index (χ1n) is 7.31. The fraction of sp³-hybridized carbons (Fsp3) is 0.643. The molecule has 0 saturated carbocycles. The van der Waals surface area contributed by atoms with Gasteiger partial charge in [0, 0.05) is 32.6 Å². The minimum absolute atomic E-state index is 0.000352. The number of aryl methyl sites for hydroxylation is 2. The number of amides is 2. The van der Waals surface area contributed by atoms with Gasteiger partial charge >= 0.3 is 0 Å². The van der Waals surface area contributed by atoms with Gasteiger partial charge in [-0.25, -0.2) is 0 Å². The summed E-state index contributed by atoms with van der Waals surface area (Å²) < 4.78 is 1.53. The summed E-state index contributed by atoms with van der Waals surface area (Å²) in [5, 5.41) is 7.01. The van der Waals surface area contributed by atoms with Crippen molar-refractivity contribution < 1.29 is 9.59 Å². The number of anilines is 1. The molecule has 7 nitrogen and oxygen atoms in total. The number of likely N-dealkylation sites (tertiary alicyclic amines) is 1. The van der Waals surface area contributed by atoms with Gasteiger partial charge in [0.2, 0.25) is 5.91 Å². The van der Waals surface area contributed by atoms with Crippen LogP contribution in [0.4, 0.5) is 5.69 Å². The van der Waals surface area contributed by atoms with Crippen LogP contribution in [0.25, 0.3) is 0 Å². The van der Waals surface area contributed by atoms with Crippen molar-refractivity contribution in [1.82, 2.24) is 20.0 Å². The van der Waals surface area contributed by atoms with E-state index in [0.29, 0.717) is 49.6 Å². The second-order valence-electron chi connectivity index (χ2n) is 5.43. The molecule has 1 fully saturated rings. The molecule has 116 valence electrons. The Morgan fingerprint density at radius 1 is 1.38 bits per heavy atom. The van der Waals surface area contributed by atoms with E-state index in [0.717, 1.165) is 0 Å². The number of nitrogens with zero attached hydrogens (tertiary/aromatic N) is 3. The van der Waals surface area contributed by atoms with E-state index in [1.165, 1.54) is 4.68 Å². The number of carbonyl (C=O) groups is 2. The molecule has 1 aliphatic heterocycles. The van der Waals surface area contributed by atoms with Crippen molar-refractivity contribution in [3.63, 3.8) is 0 Å². The summed E-state index contributed by atoms with van der Waals surface area (Å²) in [7, 11) is 1.72. The Morgan fingerprint density at radius 3 is 2.48 bits per heavy atom. The number of aromatic nitrogens is 2. The predicted octanol–water partition coefficient (Wildman–Crippen LogP) is 0.299. The Hall–Kier alpha value is -2.05. The summed E-state index contributed by atoms with van der Waals surface area (Å²) in [6, 6.07) is 0. The Bertz CT molecular complexity index is 544. The molecule has 2 rings (SSSR count). The van der Waals surface area contributed by atoms with Crippen LogP contribution < -0.4 is 11.1 Å². The van der Waals surface area contributed by atoms with Crippen LogP contribution in [0.3, 0.4) is 0 Å². The van der Waals surface area contributed by atoms with Crippen LogP contribution in [0.15, 0.2) is 0 Å². The molecule has 2 amide bonds. The number of piperidine rings is 1. The molecule has 1 aromatic heterocycles. The quantitative estimate of drug-likeness (QED) is 0.838. The zero-order valence-electron chi connectivity index (χ0n) is 12.8. The van der Waals surface area contributed by atoms with Gasteiger partial charge in [-0.1, -0.05) is 0 Å². The average Bonchev–Trinajstić information content (AvgIpc) is 2.72. The van der Waals surface area contributed by atoms with E-state index in [9.17, 15) is 9.59 Å². The fourth-order valence-electron chi connectivity index (χ4n) is 2.74. The van der Waals surface area contributed by atoms with Crippen molar-refractivity contribution >= 4 is 17.5 Å². The van der Waals surface area contributed by atoms with Crippen molar-refractivity contribution in [2.45, 2.75) is 26.7 Å². The zero-order chi connectivity index (χ0) is 15.6. The molecule has 0 aliphatic carbocycles. The summed E-state index contributed by atoms with van der Waals surface area (Å²) in [5.41, 5.74) is 7.47. The first-order chi connectivity index (χ1) is 9.95. The van der Waals surface area contributed by atoms with Crippen molar-refractivity contribution in [1.29, 1.82) is 0 Å². The molecule has 0 atom stereocenters. The van der Waals surface area contributed by atoms with Gasteiger partial charge < -0.3 is 16.0 Å². The fourth-order valence-corrected chi connectivity index (χ4v) is 2.74. The molecular formula is C14H23N5O2. The maximum atomic E-state index is 12.5. The molecular weight excluding hydrogens is 270 g/mol. The minimum Gasteiger partial charge on any atom is -0.395 e. The Kier molecular flexibility index (Phi) is 4.50. The van der Waals surface area contributed by atoms with E-state index in [1.807, 2.05) is 6.92 Å². The van der Waals surface area contributed by atoms with Gasteiger partial charge in [0.05, 0.1) is 11.4 Å². The molecule has 0 radical (unpaired) electrons. The molecule has 0 spiro atoms. The molecule has 7 heteroatoms. The monoisotopic (exact) mass is 293 g/mol. The second-order valence-corrected chi connectivity index (χ2v) is 5.43. The van der Waals surface area contributed by atoms with Gasteiger partial charge in [-0.3, -0.25) is 14.3 Å². The number of hydrogen-bond donors (Lipinski definition) is 2. The lowest BCUT2D eigenvalue weighted by Gasteiger charge is -2.31. The predicted molar refractivity (Wildman–Crippen MR) is 79.7 cm³/mol. The summed E-state index contributed by atoms with van der Waals surface area (Å²) in [4.78, 5) is 26.1. The van der Waals surface area contributed by atoms with Crippen molar-refractivity contribution in [2.75, 3.05) is 25.4 Å². The average molecular weight is 293 g/mol. The molecule has 1 aliphatic rings. The number of hydrogen-bond acceptors (Lipinski definition) is 4. The smallest absolute Gasteiger partial charge is 0.274 e. The SMILES string of the molecule is CCNC(=O)C1CCN(C(=O)c2c(N)c(C)nn2C)CC1. The first kappa shape index (κ1) is 15.3. The molecule has 21 heavy (non-hydrogen) atoms. The highest BCUT2D eigenvalue weighted by Gasteiger charge is 2.30. The Labute approximate surface area is 124 Å². The molecule has 0 bridgehead atoms. The lowest BCUT2D eigenvalue weighted by Crippen LogP contribution is -2.43. The van der Waals surface area contributed by atoms with E-state index in [-0.39, 0.29) is 17.7 Å². The molecule has 3 N–H and O–H groups in total. The lowest BCUT2D eigenvalue weighted by atomic mass is 9.95. The normalized spacial score (nSPS) is 16.0. The van der Waals surface area contributed by atoms with Crippen molar-refractivity contribution in [2.24, 2.45) is 13.0 Å². The third-order valence-electron chi connectivity index (χ3n) is 3.98. The van der Waals surface area contributed by atoms with Crippen LogP contribution in [0.2, 0.25) is 0 Å². The number of nitrogens with one attached hydrogen (secondary N) is 1. The standard InChI is InChI=1S/C14H23N5O2/c1-4-16-13(20)10-5-7-19(8-6-10)14(21)12-11(15)9(2)17-18(12)3/h10H,4-8,15H2,1-3H3,(H,16,20). The molecule has 1 aromatic rings. The largest absolute Gasteiger partial charge is 0.395 e. The van der Waals surface area contributed by atoms with Crippen LogP contribution in [-0.2, 0) is 11.8 Å². The highest BCUT2D eigenvalue weighted by atomic mass is 16.2. The highest BCUT2D eigenvalue weighted by Crippen LogP contribution is 2.22. The summed E-state index contributed by atoms with van der Waals surface area (Å²) in [6.45, 7) is 5.48. The van der Waals surface area contributed by atoms with Gasteiger partial charge in [0.25, 0.3) is 5.91 Å². The third kappa shape index (κ3) is 3.01. The number of nitrogens with two attached hydrogens (primary N) is 1. The summed E-state index contributed by atoms with van der Waals surface area (Å²) in [5.74, 6) is -0.0231. The van der Waals surface area contributed by atoms with Gasteiger partial charge in [-0.2, -0.15) is 5.10 Å². The maximum Gasteiger partial charge on any atom is 0.274 e. The second kappa shape index (κ2) is 6.15. The zero-order valence-corrected chi connectivity index (χ0v) is 12.8.